The summed E-state index contributed by atoms with van der Waals surface area (Å²) in [7, 11) is 0. The minimum absolute atomic E-state index is 0.00659. The van der Waals surface area contributed by atoms with Crippen LogP contribution in [0.3, 0.4) is 0 Å². The van der Waals surface area contributed by atoms with Crippen molar-refractivity contribution in [1.29, 1.82) is 0 Å². The van der Waals surface area contributed by atoms with Gasteiger partial charge in [0.25, 0.3) is 0 Å². The molecule has 1 aromatic heterocycles. The highest BCUT2D eigenvalue weighted by Gasteiger charge is 2.22. The van der Waals surface area contributed by atoms with Crippen LogP contribution >= 0.6 is 0 Å². The number of nitrogens with zero attached hydrogens (tertiary/aromatic N) is 2. The average Bonchev–Trinajstić information content (AvgIpc) is 3.00. The maximum absolute atomic E-state index is 12.1. The first-order valence-electron chi connectivity index (χ1n) is 6.66. The molecule has 0 saturated carbocycles. The van der Waals surface area contributed by atoms with Gasteiger partial charge in [0.15, 0.2) is 0 Å². The molecule has 6 heteroatoms. The predicted octanol–water partition coefficient (Wildman–Crippen LogP) is 0.905. The first-order valence-corrected chi connectivity index (χ1v) is 6.66. The van der Waals surface area contributed by atoms with Crippen LogP contribution in [0.2, 0.25) is 0 Å². The van der Waals surface area contributed by atoms with Crippen molar-refractivity contribution >= 4 is 17.3 Å². The number of aromatic nitrogens is 2. The Balaban J connectivity index is 1.51. The van der Waals surface area contributed by atoms with Crippen molar-refractivity contribution in [1.82, 2.24) is 14.9 Å². The van der Waals surface area contributed by atoms with Gasteiger partial charge in [0, 0.05) is 32.0 Å². The summed E-state index contributed by atoms with van der Waals surface area (Å²) in [6, 6.07) is 7.64. The molecule has 104 valence electrons. The number of rotatable bonds is 4. The van der Waals surface area contributed by atoms with Gasteiger partial charge in [-0.25, -0.2) is 4.98 Å². The van der Waals surface area contributed by atoms with Gasteiger partial charge in [0.1, 0.15) is 6.04 Å². The zero-order valence-electron chi connectivity index (χ0n) is 11.0. The Morgan fingerprint density at radius 2 is 2.25 bits per heavy atom. The number of carbonyl (C=O) groups is 1. The van der Waals surface area contributed by atoms with E-state index in [1.165, 1.54) is 0 Å². The SMILES string of the molecule is O=C(NCCn1ccnc1)C1CNc2ccccc2N1. The molecule has 1 aromatic carbocycles. The third kappa shape index (κ3) is 2.74. The number of benzene rings is 1. The largest absolute Gasteiger partial charge is 0.381 e. The van der Waals surface area contributed by atoms with Crippen LogP contribution in [-0.2, 0) is 11.3 Å². The molecule has 3 N–H and O–H groups in total. The molecule has 1 amide bonds. The van der Waals surface area contributed by atoms with Crippen molar-refractivity contribution in [3.63, 3.8) is 0 Å². The summed E-state index contributed by atoms with van der Waals surface area (Å²) in [5.41, 5.74) is 2.00. The Morgan fingerprint density at radius 3 is 3.05 bits per heavy atom. The van der Waals surface area contributed by atoms with E-state index in [2.05, 4.69) is 20.9 Å². The van der Waals surface area contributed by atoms with E-state index in [9.17, 15) is 4.79 Å². The lowest BCUT2D eigenvalue weighted by molar-refractivity contribution is -0.121. The summed E-state index contributed by atoms with van der Waals surface area (Å²) in [6.45, 7) is 1.91. The number of fused-ring (bicyclic) bond motifs is 1. The van der Waals surface area contributed by atoms with E-state index in [4.69, 9.17) is 0 Å². The number of amides is 1. The van der Waals surface area contributed by atoms with Crippen LogP contribution in [0.5, 0.6) is 0 Å². The number of para-hydroxylation sites is 2. The lowest BCUT2D eigenvalue weighted by atomic mass is 10.1. The third-order valence-electron chi connectivity index (χ3n) is 3.30. The molecule has 1 unspecified atom stereocenters. The maximum Gasteiger partial charge on any atom is 0.244 e. The number of anilines is 2. The zero-order chi connectivity index (χ0) is 13.8. The fourth-order valence-corrected chi connectivity index (χ4v) is 2.22. The van der Waals surface area contributed by atoms with Crippen LogP contribution in [0.15, 0.2) is 43.0 Å². The van der Waals surface area contributed by atoms with Crippen molar-refractivity contribution in [2.45, 2.75) is 12.6 Å². The Labute approximate surface area is 117 Å². The second-order valence-electron chi connectivity index (χ2n) is 4.71. The highest BCUT2D eigenvalue weighted by molar-refractivity contribution is 5.88. The summed E-state index contributed by atoms with van der Waals surface area (Å²) in [5.74, 6) is 0.00659. The van der Waals surface area contributed by atoms with Crippen molar-refractivity contribution in [3.8, 4) is 0 Å². The van der Waals surface area contributed by atoms with Gasteiger partial charge in [0.05, 0.1) is 17.7 Å². The van der Waals surface area contributed by atoms with Gasteiger partial charge in [0.2, 0.25) is 5.91 Å². The molecule has 1 atom stereocenters. The highest BCUT2D eigenvalue weighted by atomic mass is 16.2. The molecule has 0 aliphatic carbocycles. The summed E-state index contributed by atoms with van der Waals surface area (Å²) >= 11 is 0. The predicted molar refractivity (Wildman–Crippen MR) is 77.6 cm³/mol. The normalized spacial score (nSPS) is 16.7. The second-order valence-corrected chi connectivity index (χ2v) is 4.71. The Hall–Kier alpha value is -2.50. The van der Waals surface area contributed by atoms with E-state index in [1.54, 1.807) is 12.5 Å². The molecule has 20 heavy (non-hydrogen) atoms. The molecule has 3 rings (SSSR count). The average molecular weight is 271 g/mol. The molecule has 1 aliphatic heterocycles. The van der Waals surface area contributed by atoms with Gasteiger partial charge >= 0.3 is 0 Å². The molecule has 2 heterocycles. The smallest absolute Gasteiger partial charge is 0.244 e. The molecule has 0 bridgehead atoms. The van der Waals surface area contributed by atoms with Gasteiger partial charge < -0.3 is 20.5 Å². The van der Waals surface area contributed by atoms with E-state index in [0.29, 0.717) is 13.1 Å². The molecule has 0 radical (unpaired) electrons. The van der Waals surface area contributed by atoms with Gasteiger partial charge in [-0.05, 0) is 12.1 Å². The minimum Gasteiger partial charge on any atom is -0.381 e. The van der Waals surface area contributed by atoms with E-state index in [-0.39, 0.29) is 11.9 Å². The first kappa shape index (κ1) is 12.5. The van der Waals surface area contributed by atoms with Gasteiger partial charge in [-0.3, -0.25) is 4.79 Å². The van der Waals surface area contributed by atoms with Crippen LogP contribution in [0, 0.1) is 0 Å². The molecule has 0 fully saturated rings. The van der Waals surface area contributed by atoms with Crippen molar-refractivity contribution in [2.75, 3.05) is 23.7 Å². The van der Waals surface area contributed by atoms with Crippen molar-refractivity contribution < 1.29 is 4.79 Å². The number of imidazole rings is 1. The van der Waals surface area contributed by atoms with Crippen molar-refractivity contribution in [3.05, 3.63) is 43.0 Å². The summed E-state index contributed by atoms with van der Waals surface area (Å²) < 4.78 is 1.93. The van der Waals surface area contributed by atoms with Crippen LogP contribution < -0.4 is 16.0 Å². The fourth-order valence-electron chi connectivity index (χ4n) is 2.22. The van der Waals surface area contributed by atoms with Crippen LogP contribution in [0.25, 0.3) is 0 Å². The summed E-state index contributed by atoms with van der Waals surface area (Å²) in [6.07, 6.45) is 5.34. The van der Waals surface area contributed by atoms with Gasteiger partial charge in [-0.15, -0.1) is 0 Å². The first-order chi connectivity index (χ1) is 9.83. The topological polar surface area (TPSA) is 71.0 Å². The standard InChI is InChI=1S/C14H17N5O/c20-14(16-6-8-19-7-5-15-10-19)13-9-17-11-3-1-2-4-12(11)18-13/h1-5,7,10,13,17-18H,6,8-9H2,(H,16,20). The number of hydrogen-bond donors (Lipinski definition) is 3. The Morgan fingerprint density at radius 1 is 1.40 bits per heavy atom. The monoisotopic (exact) mass is 271 g/mol. The molecule has 0 spiro atoms. The van der Waals surface area contributed by atoms with Crippen LogP contribution in [0.4, 0.5) is 11.4 Å². The van der Waals surface area contributed by atoms with Crippen LogP contribution in [-0.4, -0.2) is 34.6 Å². The number of nitrogens with one attached hydrogen (secondary N) is 3. The molecule has 1 aliphatic rings. The maximum atomic E-state index is 12.1. The van der Waals surface area contributed by atoms with Gasteiger partial charge in [-0.1, -0.05) is 12.1 Å². The molecular weight excluding hydrogens is 254 g/mol. The van der Waals surface area contributed by atoms with E-state index in [0.717, 1.165) is 17.9 Å². The Bertz CT molecular complexity index is 581. The summed E-state index contributed by atoms with van der Waals surface area (Å²) in [5, 5.41) is 9.44. The highest BCUT2D eigenvalue weighted by Crippen LogP contribution is 2.24. The van der Waals surface area contributed by atoms with Gasteiger partial charge in [-0.2, -0.15) is 0 Å². The number of carbonyl (C=O) groups excluding carboxylic acids is 1. The quantitative estimate of drug-likeness (QED) is 0.773. The fraction of sp³-hybridized carbons (Fsp3) is 0.286. The van der Waals surface area contributed by atoms with Crippen molar-refractivity contribution in [2.24, 2.45) is 0 Å². The summed E-state index contributed by atoms with van der Waals surface area (Å²) in [4.78, 5) is 16.1. The molecule has 6 nitrogen and oxygen atoms in total. The Kier molecular flexibility index (Phi) is 3.54. The van der Waals surface area contributed by atoms with E-state index < -0.39 is 0 Å². The molecule has 0 saturated heterocycles. The second kappa shape index (κ2) is 5.64. The lowest BCUT2D eigenvalue weighted by Crippen LogP contribution is -2.46. The third-order valence-corrected chi connectivity index (χ3v) is 3.30. The molecular formula is C14H17N5O. The molecule has 2 aromatic rings. The van der Waals surface area contributed by atoms with E-state index >= 15 is 0 Å². The zero-order valence-corrected chi connectivity index (χ0v) is 11.0. The van der Waals surface area contributed by atoms with Crippen LogP contribution in [0.1, 0.15) is 0 Å². The van der Waals surface area contributed by atoms with E-state index in [1.807, 2.05) is 35.0 Å². The number of hydrogen-bond acceptors (Lipinski definition) is 4. The minimum atomic E-state index is -0.243. The lowest BCUT2D eigenvalue weighted by Gasteiger charge is -2.27.